The van der Waals surface area contributed by atoms with Crippen molar-refractivity contribution in [2.24, 2.45) is 0 Å². The number of benzene rings is 2. The Morgan fingerprint density at radius 2 is 1.55 bits per heavy atom. The standard InChI is InChI=1S/C18H16F4/c1-2-3-4-15(19)14-7-5-12(6-8-14)9-13-10-16(20)18(22)17(21)11-13/h4-8,10-11H,2-3,9H2,1H3. The second-order valence-corrected chi connectivity index (χ2v) is 5.09. The highest BCUT2D eigenvalue weighted by Gasteiger charge is 2.11. The molecular weight excluding hydrogens is 292 g/mol. The van der Waals surface area contributed by atoms with Crippen LogP contribution in [0.15, 0.2) is 42.5 Å². The minimum Gasteiger partial charge on any atom is -0.207 e. The van der Waals surface area contributed by atoms with Crippen LogP contribution in [0.2, 0.25) is 0 Å². The second kappa shape index (κ2) is 7.25. The van der Waals surface area contributed by atoms with Crippen LogP contribution in [0.25, 0.3) is 5.83 Å². The average Bonchev–Trinajstić information content (AvgIpc) is 2.51. The van der Waals surface area contributed by atoms with Gasteiger partial charge >= 0.3 is 0 Å². The Morgan fingerprint density at radius 1 is 0.955 bits per heavy atom. The van der Waals surface area contributed by atoms with Gasteiger partial charge in [0.1, 0.15) is 5.83 Å². The molecule has 0 heterocycles. The maximum absolute atomic E-state index is 13.8. The van der Waals surface area contributed by atoms with Crippen molar-refractivity contribution in [2.75, 3.05) is 0 Å². The van der Waals surface area contributed by atoms with E-state index < -0.39 is 17.5 Å². The molecule has 0 unspecified atom stereocenters. The molecule has 0 aliphatic heterocycles. The van der Waals surface area contributed by atoms with Crippen LogP contribution in [0.3, 0.4) is 0 Å². The molecule has 0 spiro atoms. The van der Waals surface area contributed by atoms with Crippen molar-refractivity contribution in [3.8, 4) is 0 Å². The first kappa shape index (κ1) is 16.3. The van der Waals surface area contributed by atoms with E-state index in [4.69, 9.17) is 0 Å². The van der Waals surface area contributed by atoms with Crippen molar-refractivity contribution in [2.45, 2.75) is 26.2 Å². The van der Waals surface area contributed by atoms with E-state index in [0.717, 1.165) is 24.1 Å². The predicted octanol–water partition coefficient (Wildman–Crippen LogP) is 5.81. The van der Waals surface area contributed by atoms with Crippen LogP contribution < -0.4 is 0 Å². The predicted molar refractivity (Wildman–Crippen MR) is 79.6 cm³/mol. The lowest BCUT2D eigenvalue weighted by Gasteiger charge is -2.05. The zero-order valence-electron chi connectivity index (χ0n) is 12.2. The molecule has 116 valence electrons. The van der Waals surface area contributed by atoms with E-state index in [2.05, 4.69) is 0 Å². The fraction of sp³-hybridized carbons (Fsp3) is 0.222. The summed E-state index contributed by atoms with van der Waals surface area (Å²) >= 11 is 0. The molecule has 0 amide bonds. The van der Waals surface area contributed by atoms with Crippen LogP contribution >= 0.6 is 0 Å². The van der Waals surface area contributed by atoms with E-state index in [-0.39, 0.29) is 12.2 Å². The second-order valence-electron chi connectivity index (χ2n) is 5.09. The Labute approximate surface area is 127 Å². The number of hydrogen-bond acceptors (Lipinski definition) is 0. The van der Waals surface area contributed by atoms with E-state index >= 15 is 0 Å². The van der Waals surface area contributed by atoms with E-state index in [1.807, 2.05) is 6.92 Å². The molecule has 0 saturated heterocycles. The van der Waals surface area contributed by atoms with E-state index in [1.54, 1.807) is 24.3 Å². The highest BCUT2D eigenvalue weighted by Crippen LogP contribution is 2.20. The summed E-state index contributed by atoms with van der Waals surface area (Å²) < 4.78 is 53.0. The van der Waals surface area contributed by atoms with Crippen LogP contribution in [0, 0.1) is 17.5 Å². The molecule has 0 aliphatic rings. The molecule has 0 bridgehead atoms. The third kappa shape index (κ3) is 3.97. The first-order valence-corrected chi connectivity index (χ1v) is 7.09. The molecule has 0 aromatic heterocycles. The van der Waals surface area contributed by atoms with Crippen molar-refractivity contribution in [3.63, 3.8) is 0 Å². The summed E-state index contributed by atoms with van der Waals surface area (Å²) in [6.07, 6.45) is 3.31. The smallest absolute Gasteiger partial charge is 0.194 e. The molecule has 2 aromatic carbocycles. The van der Waals surface area contributed by atoms with E-state index in [1.165, 1.54) is 6.08 Å². The molecule has 0 aliphatic carbocycles. The summed E-state index contributed by atoms with van der Waals surface area (Å²) in [6.45, 7) is 1.97. The van der Waals surface area contributed by atoms with Gasteiger partial charge in [-0.1, -0.05) is 37.6 Å². The number of rotatable bonds is 5. The maximum Gasteiger partial charge on any atom is 0.194 e. The third-order valence-corrected chi connectivity index (χ3v) is 3.29. The molecular formula is C18H16F4. The quantitative estimate of drug-likeness (QED) is 0.483. The molecule has 0 fully saturated rings. The van der Waals surface area contributed by atoms with Gasteiger partial charge in [0.05, 0.1) is 0 Å². The Morgan fingerprint density at radius 3 is 2.09 bits per heavy atom. The van der Waals surface area contributed by atoms with Gasteiger partial charge in [-0.2, -0.15) is 0 Å². The van der Waals surface area contributed by atoms with Crippen LogP contribution in [-0.2, 0) is 6.42 Å². The number of halogens is 4. The zero-order valence-corrected chi connectivity index (χ0v) is 12.2. The molecule has 2 rings (SSSR count). The van der Waals surface area contributed by atoms with Gasteiger partial charge in [-0.15, -0.1) is 0 Å². The van der Waals surface area contributed by atoms with Gasteiger partial charge in [0, 0.05) is 5.56 Å². The SMILES string of the molecule is CCCC=C(F)c1ccc(Cc2cc(F)c(F)c(F)c2)cc1. The molecule has 0 nitrogen and oxygen atoms in total. The fourth-order valence-corrected chi connectivity index (χ4v) is 2.12. The summed E-state index contributed by atoms with van der Waals surface area (Å²) in [5, 5.41) is 0. The van der Waals surface area contributed by atoms with Gasteiger partial charge in [0.15, 0.2) is 17.5 Å². The van der Waals surface area contributed by atoms with Gasteiger partial charge in [-0.25, -0.2) is 17.6 Å². The highest BCUT2D eigenvalue weighted by molar-refractivity contribution is 5.59. The summed E-state index contributed by atoms with van der Waals surface area (Å²) in [4.78, 5) is 0. The molecule has 0 saturated carbocycles. The van der Waals surface area contributed by atoms with Gasteiger partial charge < -0.3 is 0 Å². The Hall–Kier alpha value is -2.10. The molecule has 2 aromatic rings. The minimum absolute atomic E-state index is 0.245. The summed E-state index contributed by atoms with van der Waals surface area (Å²) in [6, 6.07) is 8.55. The normalized spacial score (nSPS) is 11.8. The fourth-order valence-electron chi connectivity index (χ4n) is 2.12. The topological polar surface area (TPSA) is 0 Å². The van der Waals surface area contributed by atoms with Crippen molar-refractivity contribution in [1.29, 1.82) is 0 Å². The van der Waals surface area contributed by atoms with Crippen molar-refractivity contribution >= 4 is 5.83 Å². The lowest BCUT2D eigenvalue weighted by Crippen LogP contribution is -1.96. The number of hydrogen-bond donors (Lipinski definition) is 0. The van der Waals surface area contributed by atoms with Gasteiger partial charge in [-0.05, 0) is 42.2 Å². The monoisotopic (exact) mass is 308 g/mol. The van der Waals surface area contributed by atoms with Gasteiger partial charge in [-0.3, -0.25) is 0 Å². The van der Waals surface area contributed by atoms with Crippen LogP contribution in [0.5, 0.6) is 0 Å². The number of allylic oxidation sites excluding steroid dienone is 1. The van der Waals surface area contributed by atoms with Crippen LogP contribution in [0.1, 0.15) is 36.5 Å². The Balaban J connectivity index is 2.15. The number of unbranched alkanes of at least 4 members (excludes halogenated alkanes) is 1. The highest BCUT2D eigenvalue weighted by atomic mass is 19.2. The van der Waals surface area contributed by atoms with E-state index in [0.29, 0.717) is 17.5 Å². The Kier molecular flexibility index (Phi) is 5.36. The molecule has 4 heteroatoms. The first-order chi connectivity index (χ1) is 10.5. The summed E-state index contributed by atoms with van der Waals surface area (Å²) in [7, 11) is 0. The molecule has 0 radical (unpaired) electrons. The maximum atomic E-state index is 13.8. The minimum atomic E-state index is -1.47. The van der Waals surface area contributed by atoms with Crippen molar-refractivity contribution in [3.05, 3.63) is 76.6 Å². The Bertz CT molecular complexity index is 649. The first-order valence-electron chi connectivity index (χ1n) is 7.09. The lowest BCUT2D eigenvalue weighted by atomic mass is 10.0. The zero-order chi connectivity index (χ0) is 16.1. The van der Waals surface area contributed by atoms with E-state index in [9.17, 15) is 17.6 Å². The molecule has 0 N–H and O–H groups in total. The van der Waals surface area contributed by atoms with Gasteiger partial charge in [0.25, 0.3) is 0 Å². The van der Waals surface area contributed by atoms with Crippen molar-refractivity contribution in [1.82, 2.24) is 0 Å². The molecule has 0 atom stereocenters. The largest absolute Gasteiger partial charge is 0.207 e. The van der Waals surface area contributed by atoms with Crippen LogP contribution in [-0.4, -0.2) is 0 Å². The average molecular weight is 308 g/mol. The summed E-state index contributed by atoms with van der Waals surface area (Å²) in [5.41, 5.74) is 1.55. The summed E-state index contributed by atoms with van der Waals surface area (Å²) in [5.74, 6) is -4.17. The third-order valence-electron chi connectivity index (χ3n) is 3.29. The van der Waals surface area contributed by atoms with Crippen molar-refractivity contribution < 1.29 is 17.6 Å². The van der Waals surface area contributed by atoms with Gasteiger partial charge in [0.2, 0.25) is 0 Å². The molecule has 22 heavy (non-hydrogen) atoms. The lowest BCUT2D eigenvalue weighted by molar-refractivity contribution is 0.445. The van der Waals surface area contributed by atoms with Crippen LogP contribution in [0.4, 0.5) is 17.6 Å².